The summed E-state index contributed by atoms with van der Waals surface area (Å²) in [4.78, 5) is 46.2. The lowest BCUT2D eigenvalue weighted by Gasteiger charge is -2.45. The third kappa shape index (κ3) is 7.81. The van der Waals surface area contributed by atoms with Crippen LogP contribution in [0, 0.1) is 5.92 Å². The molecule has 1 N–H and O–H groups in total. The molecule has 0 aromatic rings. The molecule has 0 aromatic heterocycles. The summed E-state index contributed by atoms with van der Waals surface area (Å²) in [5, 5.41) is 2.63. The van der Waals surface area contributed by atoms with Crippen molar-refractivity contribution in [3.8, 4) is 0 Å². The largest absolute Gasteiger partial charge is 0.463 e. The van der Waals surface area contributed by atoms with Crippen molar-refractivity contribution in [2.75, 3.05) is 13.2 Å². The SMILES string of the molecule is CC(=O)N[C@@H]1[C@H](OCC(C)C)O[C@H](COC(C)=O)[C@@H](OC(C)=O)[C@@H]1OC(C)=O. The van der Waals surface area contributed by atoms with Crippen LogP contribution in [0.5, 0.6) is 0 Å². The number of hydrogen-bond donors (Lipinski definition) is 1. The number of ether oxygens (including phenoxy) is 5. The van der Waals surface area contributed by atoms with Crippen molar-refractivity contribution in [3.05, 3.63) is 0 Å². The van der Waals surface area contributed by atoms with Crippen LogP contribution in [-0.2, 0) is 42.9 Å². The maximum Gasteiger partial charge on any atom is 0.303 e. The van der Waals surface area contributed by atoms with E-state index in [-0.39, 0.29) is 12.5 Å². The summed E-state index contributed by atoms with van der Waals surface area (Å²) in [6.45, 7) is 8.79. The Labute approximate surface area is 164 Å². The van der Waals surface area contributed by atoms with E-state index in [2.05, 4.69) is 5.32 Å². The first-order valence-electron chi connectivity index (χ1n) is 9.03. The van der Waals surface area contributed by atoms with Gasteiger partial charge in [-0.15, -0.1) is 0 Å². The molecule has 1 saturated heterocycles. The third-order valence-corrected chi connectivity index (χ3v) is 3.67. The molecule has 1 amide bonds. The summed E-state index contributed by atoms with van der Waals surface area (Å²) >= 11 is 0. The van der Waals surface area contributed by atoms with Gasteiger partial charge in [-0.2, -0.15) is 0 Å². The van der Waals surface area contributed by atoms with Gasteiger partial charge in [-0.25, -0.2) is 0 Å². The van der Waals surface area contributed by atoms with Crippen LogP contribution in [0.2, 0.25) is 0 Å². The maximum absolute atomic E-state index is 11.7. The van der Waals surface area contributed by atoms with E-state index in [1.165, 1.54) is 27.7 Å². The second-order valence-electron chi connectivity index (χ2n) is 6.95. The molecule has 10 heteroatoms. The summed E-state index contributed by atoms with van der Waals surface area (Å²) in [6, 6.07) is -0.932. The normalized spacial score (nSPS) is 27.0. The Bertz CT molecular complexity index is 577. The predicted molar refractivity (Wildman–Crippen MR) is 94.8 cm³/mol. The molecule has 1 aliphatic heterocycles. The van der Waals surface area contributed by atoms with Crippen molar-refractivity contribution in [2.45, 2.75) is 72.2 Å². The Morgan fingerprint density at radius 2 is 1.50 bits per heavy atom. The summed E-state index contributed by atoms with van der Waals surface area (Å²) < 4.78 is 27.2. The summed E-state index contributed by atoms with van der Waals surface area (Å²) in [5.41, 5.74) is 0. The number of amides is 1. The molecule has 10 nitrogen and oxygen atoms in total. The van der Waals surface area contributed by atoms with Crippen LogP contribution >= 0.6 is 0 Å². The second kappa shape index (κ2) is 11.0. The van der Waals surface area contributed by atoms with Crippen LogP contribution in [0.1, 0.15) is 41.5 Å². The summed E-state index contributed by atoms with van der Waals surface area (Å²) in [7, 11) is 0. The van der Waals surface area contributed by atoms with Gasteiger partial charge in [-0.1, -0.05) is 13.8 Å². The highest BCUT2D eigenvalue weighted by molar-refractivity contribution is 5.73. The van der Waals surface area contributed by atoms with E-state index in [9.17, 15) is 19.2 Å². The van der Waals surface area contributed by atoms with Gasteiger partial charge in [-0.3, -0.25) is 19.2 Å². The number of esters is 3. The zero-order valence-corrected chi connectivity index (χ0v) is 17.1. The van der Waals surface area contributed by atoms with Crippen LogP contribution in [-0.4, -0.2) is 67.7 Å². The van der Waals surface area contributed by atoms with Crippen molar-refractivity contribution in [2.24, 2.45) is 5.92 Å². The monoisotopic (exact) mass is 403 g/mol. The van der Waals surface area contributed by atoms with E-state index >= 15 is 0 Å². The van der Waals surface area contributed by atoms with Gasteiger partial charge in [0.05, 0.1) is 6.61 Å². The van der Waals surface area contributed by atoms with Gasteiger partial charge in [0.25, 0.3) is 0 Å². The average molecular weight is 403 g/mol. The zero-order valence-electron chi connectivity index (χ0n) is 17.1. The lowest BCUT2D eigenvalue weighted by atomic mass is 9.96. The fourth-order valence-corrected chi connectivity index (χ4v) is 2.72. The van der Waals surface area contributed by atoms with E-state index in [4.69, 9.17) is 23.7 Å². The van der Waals surface area contributed by atoms with Gasteiger partial charge in [-0.05, 0) is 5.92 Å². The van der Waals surface area contributed by atoms with E-state index in [0.29, 0.717) is 6.61 Å². The molecule has 0 aliphatic carbocycles. The molecule has 1 heterocycles. The van der Waals surface area contributed by atoms with E-state index in [0.717, 1.165) is 0 Å². The lowest BCUT2D eigenvalue weighted by molar-refractivity contribution is -0.279. The van der Waals surface area contributed by atoms with Gasteiger partial charge in [0.1, 0.15) is 18.8 Å². The van der Waals surface area contributed by atoms with Gasteiger partial charge in [0.2, 0.25) is 5.91 Å². The lowest BCUT2D eigenvalue weighted by Crippen LogP contribution is -2.66. The topological polar surface area (TPSA) is 126 Å². The molecule has 0 unspecified atom stereocenters. The molecule has 5 atom stereocenters. The number of carbonyl (C=O) groups excluding carboxylic acids is 4. The fourth-order valence-electron chi connectivity index (χ4n) is 2.72. The highest BCUT2D eigenvalue weighted by Crippen LogP contribution is 2.28. The van der Waals surface area contributed by atoms with Gasteiger partial charge >= 0.3 is 17.9 Å². The molecule has 0 bridgehead atoms. The molecule has 28 heavy (non-hydrogen) atoms. The zero-order chi connectivity index (χ0) is 21.4. The maximum atomic E-state index is 11.7. The number of nitrogens with one attached hydrogen (secondary N) is 1. The number of carbonyl (C=O) groups is 4. The van der Waals surface area contributed by atoms with Crippen molar-refractivity contribution in [1.29, 1.82) is 0 Å². The van der Waals surface area contributed by atoms with Gasteiger partial charge in [0, 0.05) is 27.7 Å². The molecule has 0 spiro atoms. The van der Waals surface area contributed by atoms with Gasteiger partial charge in [0.15, 0.2) is 18.5 Å². The Morgan fingerprint density at radius 3 is 1.96 bits per heavy atom. The number of rotatable bonds is 8. The molecular weight excluding hydrogens is 374 g/mol. The Morgan fingerprint density at radius 1 is 0.929 bits per heavy atom. The average Bonchev–Trinajstić information content (AvgIpc) is 2.54. The second-order valence-corrected chi connectivity index (χ2v) is 6.95. The Kier molecular flexibility index (Phi) is 9.33. The van der Waals surface area contributed by atoms with E-state index < -0.39 is 54.5 Å². The standard InChI is InChI=1S/C18H29NO9/c1-9(2)7-25-18-15(19-10(3)20)17(27-13(6)23)16(26-12(5)22)14(28-18)8-24-11(4)21/h9,14-18H,7-8H2,1-6H3,(H,19,20)/t14-,15+,16-,17-,18-/m1/s1. The highest BCUT2D eigenvalue weighted by Gasteiger charge is 2.51. The first-order chi connectivity index (χ1) is 13.0. The highest BCUT2D eigenvalue weighted by atomic mass is 16.7. The quantitative estimate of drug-likeness (QED) is 0.450. The van der Waals surface area contributed by atoms with E-state index in [1.807, 2.05) is 13.8 Å². The predicted octanol–water partition coefficient (Wildman–Crippen LogP) is 0.315. The molecule has 160 valence electrons. The fraction of sp³-hybridized carbons (Fsp3) is 0.778. The van der Waals surface area contributed by atoms with Crippen LogP contribution < -0.4 is 5.32 Å². The molecule has 1 rings (SSSR count). The number of hydrogen-bond acceptors (Lipinski definition) is 9. The Balaban J connectivity index is 3.24. The minimum absolute atomic E-state index is 0.159. The van der Waals surface area contributed by atoms with Crippen LogP contribution in [0.25, 0.3) is 0 Å². The van der Waals surface area contributed by atoms with E-state index in [1.54, 1.807) is 0 Å². The Hall–Kier alpha value is -2.20. The molecule has 0 aromatic carbocycles. The minimum Gasteiger partial charge on any atom is -0.463 e. The summed E-state index contributed by atoms with van der Waals surface area (Å²) in [6.07, 6.45) is -4.18. The van der Waals surface area contributed by atoms with Crippen molar-refractivity contribution >= 4 is 23.8 Å². The van der Waals surface area contributed by atoms with Crippen molar-refractivity contribution in [1.82, 2.24) is 5.32 Å². The minimum atomic E-state index is -1.11. The molecule has 0 saturated carbocycles. The van der Waals surface area contributed by atoms with Crippen LogP contribution in [0.15, 0.2) is 0 Å². The summed E-state index contributed by atoms with van der Waals surface area (Å²) in [5.74, 6) is -2.11. The van der Waals surface area contributed by atoms with Gasteiger partial charge < -0.3 is 29.0 Å². The third-order valence-electron chi connectivity index (χ3n) is 3.67. The molecule has 1 aliphatic rings. The van der Waals surface area contributed by atoms with Crippen molar-refractivity contribution in [3.63, 3.8) is 0 Å². The first-order valence-corrected chi connectivity index (χ1v) is 9.03. The first kappa shape index (κ1) is 23.8. The van der Waals surface area contributed by atoms with Crippen LogP contribution in [0.3, 0.4) is 0 Å². The smallest absolute Gasteiger partial charge is 0.303 e. The molecular formula is C18H29NO9. The molecule has 1 fully saturated rings. The van der Waals surface area contributed by atoms with Crippen LogP contribution in [0.4, 0.5) is 0 Å². The van der Waals surface area contributed by atoms with Crippen molar-refractivity contribution < 1.29 is 42.9 Å². The molecule has 0 radical (unpaired) electrons.